The van der Waals surface area contributed by atoms with Crippen LogP contribution in [0.15, 0.2) is 41.2 Å². The summed E-state index contributed by atoms with van der Waals surface area (Å²) in [5.41, 5.74) is 0.119. The number of aromatic nitrogens is 4. The molecule has 0 saturated heterocycles. The first-order chi connectivity index (χ1) is 14.6. The topological polar surface area (TPSA) is 81.8 Å². The summed E-state index contributed by atoms with van der Waals surface area (Å²) in [5.74, 6) is -0.646. The van der Waals surface area contributed by atoms with Crippen LogP contribution in [0, 0.1) is 13.8 Å². The third kappa shape index (κ3) is 5.01. The Kier molecular flexibility index (Phi) is 6.28. The fourth-order valence-electron chi connectivity index (χ4n) is 3.24. The summed E-state index contributed by atoms with van der Waals surface area (Å²) in [5, 5.41) is 6.59. The number of hydrogen-bond donors (Lipinski definition) is 1. The Morgan fingerprint density at radius 1 is 1.16 bits per heavy atom. The predicted octanol–water partition coefficient (Wildman–Crippen LogP) is 3.66. The van der Waals surface area contributed by atoms with Gasteiger partial charge in [0.1, 0.15) is 6.54 Å². The molecule has 0 saturated carbocycles. The largest absolute Gasteiger partial charge is 0.418 e. The molecule has 2 heterocycles. The van der Waals surface area contributed by atoms with Crippen LogP contribution in [0.5, 0.6) is 0 Å². The van der Waals surface area contributed by atoms with E-state index >= 15 is 0 Å². The second-order valence-corrected chi connectivity index (χ2v) is 7.15. The van der Waals surface area contributed by atoms with E-state index in [4.69, 9.17) is 0 Å². The highest BCUT2D eigenvalue weighted by Gasteiger charge is 2.33. The number of para-hydroxylation sites is 1. The molecule has 0 radical (unpaired) electrons. The zero-order valence-corrected chi connectivity index (χ0v) is 17.3. The highest BCUT2D eigenvalue weighted by molar-refractivity contribution is 5.91. The quantitative estimate of drug-likeness (QED) is 0.643. The Hall–Kier alpha value is -3.43. The van der Waals surface area contributed by atoms with Crippen molar-refractivity contribution >= 4 is 11.6 Å². The summed E-state index contributed by atoms with van der Waals surface area (Å²) in [6, 6.07) is 7.79. The van der Waals surface area contributed by atoms with E-state index in [0.717, 1.165) is 23.1 Å². The average molecular weight is 433 g/mol. The van der Waals surface area contributed by atoms with Gasteiger partial charge in [0.2, 0.25) is 11.9 Å². The Morgan fingerprint density at radius 2 is 1.87 bits per heavy atom. The molecule has 0 aliphatic rings. The molecule has 3 rings (SSSR count). The lowest BCUT2D eigenvalue weighted by atomic mass is 10.1. The molecule has 0 fully saturated rings. The van der Waals surface area contributed by atoms with Gasteiger partial charge in [0, 0.05) is 17.5 Å². The summed E-state index contributed by atoms with van der Waals surface area (Å²) < 4.78 is 42.2. The van der Waals surface area contributed by atoms with E-state index in [1.54, 1.807) is 19.9 Å². The van der Waals surface area contributed by atoms with Gasteiger partial charge in [0.25, 0.3) is 5.56 Å². The van der Waals surface area contributed by atoms with Crippen molar-refractivity contribution in [3.05, 3.63) is 69.4 Å². The first-order valence-electron chi connectivity index (χ1n) is 9.70. The second-order valence-electron chi connectivity index (χ2n) is 7.15. The van der Waals surface area contributed by atoms with Gasteiger partial charge in [-0.2, -0.15) is 18.3 Å². The SMILES string of the molecule is CCCc1cc(=O)n(CC(=O)Nc2ccccc2C(F)(F)F)c(-n2nc(C)cc2C)n1. The Bertz CT molecular complexity index is 1160. The van der Waals surface area contributed by atoms with Crippen molar-refractivity contribution in [1.29, 1.82) is 0 Å². The molecular weight excluding hydrogens is 411 g/mol. The van der Waals surface area contributed by atoms with Gasteiger partial charge in [0.15, 0.2) is 0 Å². The van der Waals surface area contributed by atoms with Gasteiger partial charge in [-0.25, -0.2) is 9.67 Å². The lowest BCUT2D eigenvalue weighted by molar-refractivity contribution is -0.137. The van der Waals surface area contributed by atoms with E-state index < -0.39 is 29.8 Å². The summed E-state index contributed by atoms with van der Waals surface area (Å²) in [7, 11) is 0. The van der Waals surface area contributed by atoms with E-state index in [2.05, 4.69) is 15.4 Å². The first-order valence-corrected chi connectivity index (χ1v) is 9.70. The molecule has 2 aromatic heterocycles. The highest BCUT2D eigenvalue weighted by atomic mass is 19.4. The van der Waals surface area contributed by atoms with Gasteiger partial charge >= 0.3 is 6.18 Å². The van der Waals surface area contributed by atoms with Crippen molar-refractivity contribution in [3.8, 4) is 5.95 Å². The van der Waals surface area contributed by atoms with Crippen LogP contribution in [0.1, 0.15) is 36.0 Å². The molecular formula is C21H22F3N5O2. The molecule has 3 aromatic rings. The molecule has 10 heteroatoms. The van der Waals surface area contributed by atoms with Gasteiger partial charge < -0.3 is 5.32 Å². The Balaban J connectivity index is 1.99. The van der Waals surface area contributed by atoms with Crippen LogP contribution in [-0.2, 0) is 23.9 Å². The molecule has 7 nitrogen and oxygen atoms in total. The number of carbonyl (C=O) groups excluding carboxylic acids is 1. The molecule has 0 unspecified atom stereocenters. The predicted molar refractivity (Wildman–Crippen MR) is 109 cm³/mol. The summed E-state index contributed by atoms with van der Waals surface area (Å²) in [6.45, 7) is 4.99. The van der Waals surface area contributed by atoms with E-state index in [-0.39, 0.29) is 11.6 Å². The number of amides is 1. The lowest BCUT2D eigenvalue weighted by Gasteiger charge is -2.16. The second kappa shape index (κ2) is 8.75. The molecule has 0 aliphatic carbocycles. The number of hydrogen-bond acceptors (Lipinski definition) is 4. The standard InChI is InChI=1S/C21H22F3N5O2/c1-4-7-15-11-19(31)28(20(25-15)29-14(3)10-13(2)27-29)12-18(30)26-17-9-6-5-8-16(17)21(22,23)24/h5-6,8-11H,4,7,12H2,1-3H3,(H,26,30). The zero-order valence-electron chi connectivity index (χ0n) is 17.3. The number of aryl methyl sites for hydroxylation is 3. The van der Waals surface area contributed by atoms with Crippen LogP contribution < -0.4 is 10.9 Å². The number of halogens is 3. The van der Waals surface area contributed by atoms with Crippen molar-refractivity contribution in [2.45, 2.75) is 46.3 Å². The van der Waals surface area contributed by atoms with Crippen LogP contribution in [0.4, 0.5) is 18.9 Å². The summed E-state index contributed by atoms with van der Waals surface area (Å²) in [6.07, 6.45) is -3.30. The van der Waals surface area contributed by atoms with Crippen LogP contribution in [0.2, 0.25) is 0 Å². The normalized spacial score (nSPS) is 11.5. The van der Waals surface area contributed by atoms with Crippen LogP contribution in [-0.4, -0.2) is 25.2 Å². The van der Waals surface area contributed by atoms with Crippen molar-refractivity contribution in [3.63, 3.8) is 0 Å². The number of alkyl halides is 3. The van der Waals surface area contributed by atoms with E-state index in [1.165, 1.54) is 22.9 Å². The van der Waals surface area contributed by atoms with Crippen LogP contribution in [0.3, 0.4) is 0 Å². The third-order valence-corrected chi connectivity index (χ3v) is 4.55. The molecule has 31 heavy (non-hydrogen) atoms. The van der Waals surface area contributed by atoms with Crippen LogP contribution >= 0.6 is 0 Å². The number of benzene rings is 1. The highest BCUT2D eigenvalue weighted by Crippen LogP contribution is 2.34. The molecule has 164 valence electrons. The third-order valence-electron chi connectivity index (χ3n) is 4.55. The number of rotatable bonds is 6. The minimum absolute atomic E-state index is 0.140. The Morgan fingerprint density at radius 3 is 2.48 bits per heavy atom. The van der Waals surface area contributed by atoms with E-state index in [9.17, 15) is 22.8 Å². The van der Waals surface area contributed by atoms with Gasteiger partial charge in [0.05, 0.1) is 16.9 Å². The molecule has 0 aliphatic heterocycles. The maximum atomic E-state index is 13.2. The summed E-state index contributed by atoms with van der Waals surface area (Å²) >= 11 is 0. The van der Waals surface area contributed by atoms with Gasteiger partial charge in [-0.1, -0.05) is 25.5 Å². The number of nitrogens with zero attached hydrogens (tertiary/aromatic N) is 4. The number of carbonyl (C=O) groups is 1. The number of anilines is 1. The average Bonchev–Trinajstić information content (AvgIpc) is 3.01. The molecule has 1 aromatic carbocycles. The maximum absolute atomic E-state index is 13.2. The summed E-state index contributed by atoms with van der Waals surface area (Å²) in [4.78, 5) is 29.9. The maximum Gasteiger partial charge on any atom is 0.418 e. The van der Waals surface area contributed by atoms with Crippen molar-refractivity contribution in [1.82, 2.24) is 19.3 Å². The first kappa shape index (κ1) is 22.3. The van der Waals surface area contributed by atoms with E-state index in [0.29, 0.717) is 23.5 Å². The van der Waals surface area contributed by atoms with Gasteiger partial charge in [-0.3, -0.25) is 14.2 Å². The molecule has 0 spiro atoms. The molecule has 0 bridgehead atoms. The molecule has 1 N–H and O–H groups in total. The smallest absolute Gasteiger partial charge is 0.324 e. The minimum atomic E-state index is -4.63. The fourth-order valence-corrected chi connectivity index (χ4v) is 3.24. The minimum Gasteiger partial charge on any atom is -0.324 e. The number of nitrogens with one attached hydrogen (secondary N) is 1. The van der Waals surface area contributed by atoms with Crippen molar-refractivity contribution in [2.24, 2.45) is 0 Å². The zero-order chi connectivity index (χ0) is 22.8. The Labute approximate surface area is 176 Å². The van der Waals surface area contributed by atoms with Gasteiger partial charge in [-0.15, -0.1) is 0 Å². The van der Waals surface area contributed by atoms with Crippen molar-refractivity contribution in [2.75, 3.05) is 5.32 Å². The monoisotopic (exact) mass is 433 g/mol. The fraction of sp³-hybridized carbons (Fsp3) is 0.333. The van der Waals surface area contributed by atoms with Crippen molar-refractivity contribution < 1.29 is 18.0 Å². The van der Waals surface area contributed by atoms with E-state index in [1.807, 2.05) is 6.92 Å². The van der Waals surface area contributed by atoms with Gasteiger partial charge in [-0.05, 0) is 38.5 Å². The lowest BCUT2D eigenvalue weighted by Crippen LogP contribution is -2.32. The molecule has 1 amide bonds. The molecule has 0 atom stereocenters. The van der Waals surface area contributed by atoms with Crippen LogP contribution in [0.25, 0.3) is 5.95 Å².